The van der Waals surface area contributed by atoms with Crippen LogP contribution in [0.1, 0.15) is 26.6 Å². The van der Waals surface area contributed by atoms with Crippen LogP contribution in [0.5, 0.6) is 5.75 Å². The number of rotatable bonds is 2. The van der Waals surface area contributed by atoms with E-state index in [0.29, 0.717) is 11.5 Å². The van der Waals surface area contributed by atoms with Crippen molar-refractivity contribution in [3.05, 3.63) is 30.1 Å². The number of hydrogen-bond donors (Lipinski definition) is 2. The van der Waals surface area contributed by atoms with E-state index in [1.165, 1.54) is 4.68 Å². The molecule has 4 N–H and O–H groups in total. The second kappa shape index (κ2) is 4.50. The second-order valence-electron chi connectivity index (χ2n) is 5.52. The zero-order valence-corrected chi connectivity index (χ0v) is 11.8. The molecule has 0 amide bonds. The monoisotopic (exact) mass is 260 g/mol. The maximum atomic E-state index is 6.06. The molecule has 0 saturated heterocycles. The van der Waals surface area contributed by atoms with E-state index in [4.69, 9.17) is 16.3 Å². The lowest BCUT2D eigenvalue weighted by molar-refractivity contribution is 0.415. The van der Waals surface area contributed by atoms with Crippen LogP contribution in [0.3, 0.4) is 0 Å². The van der Waals surface area contributed by atoms with Gasteiger partial charge in [0.05, 0.1) is 7.11 Å². The molecule has 2 rings (SSSR count). The molecular weight excluding hydrogens is 240 g/mol. The maximum Gasteiger partial charge on any atom is 0.150 e. The molecule has 0 fully saturated rings. The van der Waals surface area contributed by atoms with E-state index < -0.39 is 0 Å². The summed E-state index contributed by atoms with van der Waals surface area (Å²) in [5.41, 5.74) is 7.47. The van der Waals surface area contributed by atoms with Gasteiger partial charge in [-0.25, -0.2) is 9.66 Å². The fourth-order valence-electron chi connectivity index (χ4n) is 1.96. The number of nitrogens with two attached hydrogens (primary N) is 2. The van der Waals surface area contributed by atoms with Crippen LogP contribution < -0.4 is 16.3 Å². The molecule has 0 aliphatic heterocycles. The van der Waals surface area contributed by atoms with E-state index in [-0.39, 0.29) is 5.41 Å². The molecule has 0 bridgehead atoms. The molecule has 19 heavy (non-hydrogen) atoms. The Morgan fingerprint density at radius 2 is 1.95 bits per heavy atom. The standard InChI is InChI=1S/C14H20N4O/c1-14(2,3)13-17-11(12(15)18(13)16)9-6-5-7-10(8-9)19-4/h5-8H,15-16H2,1-4H3. The average molecular weight is 260 g/mol. The SMILES string of the molecule is COc1cccc(-c2nc(C(C)(C)C)n(N)c2N)c1. The first-order valence-corrected chi connectivity index (χ1v) is 6.13. The highest BCUT2D eigenvalue weighted by Gasteiger charge is 2.24. The Bertz CT molecular complexity index is 596. The van der Waals surface area contributed by atoms with Crippen LogP contribution in [-0.4, -0.2) is 16.8 Å². The summed E-state index contributed by atoms with van der Waals surface area (Å²) in [5, 5.41) is 0. The molecule has 102 valence electrons. The van der Waals surface area contributed by atoms with Crippen LogP contribution in [0.15, 0.2) is 24.3 Å². The van der Waals surface area contributed by atoms with Crippen molar-refractivity contribution in [1.29, 1.82) is 0 Å². The summed E-state index contributed by atoms with van der Waals surface area (Å²) in [4.78, 5) is 4.58. The molecule has 0 atom stereocenters. The molecule has 0 aliphatic rings. The number of imidazole rings is 1. The number of methoxy groups -OCH3 is 1. The molecule has 5 heteroatoms. The Labute approximate surface area is 113 Å². The van der Waals surface area contributed by atoms with E-state index in [9.17, 15) is 0 Å². The number of nitrogen functional groups attached to an aromatic ring is 2. The van der Waals surface area contributed by atoms with Gasteiger partial charge in [0.1, 0.15) is 17.3 Å². The molecule has 1 aromatic heterocycles. The van der Waals surface area contributed by atoms with Gasteiger partial charge < -0.3 is 16.3 Å². The normalized spacial score (nSPS) is 11.6. The third-order valence-electron chi connectivity index (χ3n) is 2.96. The number of benzene rings is 1. The maximum absolute atomic E-state index is 6.06. The minimum atomic E-state index is -0.167. The van der Waals surface area contributed by atoms with E-state index >= 15 is 0 Å². The molecule has 0 spiro atoms. The summed E-state index contributed by atoms with van der Waals surface area (Å²) in [6.45, 7) is 6.15. The number of ether oxygens (including phenoxy) is 1. The van der Waals surface area contributed by atoms with Gasteiger partial charge in [-0.05, 0) is 12.1 Å². The van der Waals surface area contributed by atoms with Crippen molar-refractivity contribution < 1.29 is 4.74 Å². The molecule has 5 nitrogen and oxygen atoms in total. The zero-order valence-electron chi connectivity index (χ0n) is 11.8. The lowest BCUT2D eigenvalue weighted by atomic mass is 9.96. The van der Waals surface area contributed by atoms with Crippen LogP contribution in [0.25, 0.3) is 11.3 Å². The lowest BCUT2D eigenvalue weighted by Gasteiger charge is -2.17. The fraction of sp³-hybridized carbons (Fsp3) is 0.357. The van der Waals surface area contributed by atoms with Gasteiger partial charge in [-0.3, -0.25) is 0 Å². The van der Waals surface area contributed by atoms with Crippen LogP contribution in [0.2, 0.25) is 0 Å². The van der Waals surface area contributed by atoms with Crippen molar-refractivity contribution in [2.75, 3.05) is 18.7 Å². The van der Waals surface area contributed by atoms with Gasteiger partial charge in [-0.1, -0.05) is 32.9 Å². The third-order valence-corrected chi connectivity index (χ3v) is 2.96. The summed E-state index contributed by atoms with van der Waals surface area (Å²) < 4.78 is 6.67. The van der Waals surface area contributed by atoms with Gasteiger partial charge in [0.15, 0.2) is 5.82 Å². The molecule has 0 radical (unpaired) electrons. The topological polar surface area (TPSA) is 79.1 Å². The molecular formula is C14H20N4O. The van der Waals surface area contributed by atoms with Crippen LogP contribution in [0.4, 0.5) is 5.82 Å². The average Bonchev–Trinajstić information content (AvgIpc) is 2.66. The minimum absolute atomic E-state index is 0.167. The lowest BCUT2D eigenvalue weighted by Crippen LogP contribution is -2.24. The molecule has 0 unspecified atom stereocenters. The van der Waals surface area contributed by atoms with E-state index in [1.54, 1.807) is 7.11 Å². The third kappa shape index (κ3) is 2.36. The second-order valence-corrected chi connectivity index (χ2v) is 5.52. The first-order chi connectivity index (χ1) is 8.84. The molecule has 2 aromatic rings. The molecule has 1 aromatic carbocycles. The van der Waals surface area contributed by atoms with Crippen LogP contribution in [-0.2, 0) is 5.41 Å². The van der Waals surface area contributed by atoms with Crippen molar-refractivity contribution in [2.24, 2.45) is 0 Å². The fourth-order valence-corrected chi connectivity index (χ4v) is 1.96. The van der Waals surface area contributed by atoms with Crippen molar-refractivity contribution >= 4 is 5.82 Å². The van der Waals surface area contributed by atoms with E-state index in [0.717, 1.165) is 17.1 Å². The minimum Gasteiger partial charge on any atom is -0.497 e. The number of nitrogens with zero attached hydrogens (tertiary/aromatic N) is 2. The van der Waals surface area contributed by atoms with Gasteiger partial charge in [0.2, 0.25) is 0 Å². The Balaban J connectivity index is 2.57. The predicted octanol–water partition coefficient (Wildman–Crippen LogP) is 2.15. The summed E-state index contributed by atoms with van der Waals surface area (Å²) in [5.74, 6) is 7.97. The quantitative estimate of drug-likeness (QED) is 0.811. The molecule has 0 saturated carbocycles. The first-order valence-electron chi connectivity index (χ1n) is 6.13. The Kier molecular flexibility index (Phi) is 3.14. The highest BCUT2D eigenvalue weighted by Crippen LogP contribution is 2.31. The molecule has 1 heterocycles. The van der Waals surface area contributed by atoms with E-state index in [1.807, 2.05) is 45.0 Å². The number of anilines is 1. The van der Waals surface area contributed by atoms with E-state index in [2.05, 4.69) is 4.98 Å². The first kappa shape index (κ1) is 13.3. The summed E-state index contributed by atoms with van der Waals surface area (Å²) in [7, 11) is 1.63. The van der Waals surface area contributed by atoms with Gasteiger partial charge in [0.25, 0.3) is 0 Å². The predicted molar refractivity (Wildman–Crippen MR) is 77.5 cm³/mol. The van der Waals surface area contributed by atoms with Gasteiger partial charge in [0, 0.05) is 11.0 Å². The van der Waals surface area contributed by atoms with Crippen molar-refractivity contribution in [3.8, 4) is 17.0 Å². The Morgan fingerprint density at radius 1 is 1.26 bits per heavy atom. The summed E-state index contributed by atoms with van der Waals surface area (Å²) in [6, 6.07) is 7.61. The van der Waals surface area contributed by atoms with Gasteiger partial charge >= 0.3 is 0 Å². The summed E-state index contributed by atoms with van der Waals surface area (Å²) >= 11 is 0. The molecule has 0 aliphatic carbocycles. The van der Waals surface area contributed by atoms with Gasteiger partial charge in [-0.2, -0.15) is 0 Å². The van der Waals surface area contributed by atoms with Crippen molar-refractivity contribution in [1.82, 2.24) is 9.66 Å². The van der Waals surface area contributed by atoms with Crippen molar-refractivity contribution in [3.63, 3.8) is 0 Å². The van der Waals surface area contributed by atoms with Crippen molar-refractivity contribution in [2.45, 2.75) is 26.2 Å². The summed E-state index contributed by atoms with van der Waals surface area (Å²) in [6.07, 6.45) is 0. The van der Waals surface area contributed by atoms with Crippen LogP contribution >= 0.6 is 0 Å². The largest absolute Gasteiger partial charge is 0.497 e. The Morgan fingerprint density at radius 3 is 2.47 bits per heavy atom. The number of hydrogen-bond acceptors (Lipinski definition) is 4. The van der Waals surface area contributed by atoms with Gasteiger partial charge in [-0.15, -0.1) is 0 Å². The highest BCUT2D eigenvalue weighted by molar-refractivity contribution is 5.72. The zero-order chi connectivity index (χ0) is 14.2. The smallest absolute Gasteiger partial charge is 0.150 e. The Hall–Kier alpha value is -2.17. The van der Waals surface area contributed by atoms with Crippen LogP contribution in [0, 0.1) is 0 Å². The number of aromatic nitrogens is 2. The highest BCUT2D eigenvalue weighted by atomic mass is 16.5.